The van der Waals surface area contributed by atoms with E-state index in [0.29, 0.717) is 5.70 Å². The number of hydrogen-bond acceptors (Lipinski definition) is 1. The first-order valence-electron chi connectivity index (χ1n) is 5.33. The molecule has 1 heteroatoms. The van der Waals surface area contributed by atoms with Crippen molar-refractivity contribution in [3.05, 3.63) is 60.3 Å². The topological polar surface area (TPSA) is 26.0 Å². The van der Waals surface area contributed by atoms with Crippen LogP contribution in [0.5, 0.6) is 0 Å². The molecule has 0 spiro atoms. The van der Waals surface area contributed by atoms with E-state index in [0.717, 1.165) is 11.1 Å². The predicted octanol–water partition coefficient (Wildman–Crippen LogP) is 3.84. The van der Waals surface area contributed by atoms with Crippen molar-refractivity contribution < 1.29 is 0 Å². The second-order valence-corrected chi connectivity index (χ2v) is 4.41. The largest absolute Gasteiger partial charge is 0.402 e. The first-order valence-corrected chi connectivity index (χ1v) is 5.33. The Balaban J connectivity index is 3.00. The van der Waals surface area contributed by atoms with Gasteiger partial charge < -0.3 is 5.73 Å². The fourth-order valence-electron chi connectivity index (χ4n) is 1.25. The lowest BCUT2D eigenvalue weighted by Crippen LogP contribution is -2.17. The van der Waals surface area contributed by atoms with Crippen molar-refractivity contribution in [3.63, 3.8) is 0 Å². The lowest BCUT2D eigenvalue weighted by Gasteiger charge is -2.19. The molecule has 0 fully saturated rings. The van der Waals surface area contributed by atoms with Crippen LogP contribution in [0.4, 0.5) is 0 Å². The summed E-state index contributed by atoms with van der Waals surface area (Å²) in [5.74, 6) is 0. The molecule has 1 aromatic rings. The van der Waals surface area contributed by atoms with E-state index in [9.17, 15) is 0 Å². The average Bonchev–Trinajstić information content (AvgIpc) is 2.26. The van der Waals surface area contributed by atoms with E-state index in [-0.39, 0.29) is 5.41 Å². The Morgan fingerprint density at radius 3 is 2.31 bits per heavy atom. The van der Waals surface area contributed by atoms with Gasteiger partial charge in [0.2, 0.25) is 0 Å². The third kappa shape index (κ3) is 2.86. The van der Waals surface area contributed by atoms with Gasteiger partial charge in [-0.05, 0) is 11.1 Å². The van der Waals surface area contributed by atoms with Gasteiger partial charge in [0.25, 0.3) is 0 Å². The van der Waals surface area contributed by atoms with Crippen molar-refractivity contribution in [2.45, 2.75) is 13.8 Å². The van der Waals surface area contributed by atoms with Crippen molar-refractivity contribution in [1.82, 2.24) is 0 Å². The van der Waals surface area contributed by atoms with Gasteiger partial charge in [0.05, 0.1) is 0 Å². The Bertz CT molecular complexity index is 425. The Labute approximate surface area is 98.0 Å². The highest BCUT2D eigenvalue weighted by Crippen LogP contribution is 2.24. The molecule has 0 bridgehead atoms. The summed E-state index contributed by atoms with van der Waals surface area (Å²) < 4.78 is 0. The molecule has 0 aromatic heterocycles. The smallest absolute Gasteiger partial charge is 0.0218 e. The van der Waals surface area contributed by atoms with E-state index in [4.69, 9.17) is 5.73 Å². The molecule has 0 radical (unpaired) electrons. The summed E-state index contributed by atoms with van der Waals surface area (Å²) in [7, 11) is 0. The molecule has 0 saturated heterocycles. The summed E-state index contributed by atoms with van der Waals surface area (Å²) in [4.78, 5) is 0. The molecule has 1 nitrogen and oxygen atoms in total. The maximum Gasteiger partial charge on any atom is 0.0218 e. The van der Waals surface area contributed by atoms with Crippen LogP contribution < -0.4 is 5.73 Å². The Morgan fingerprint density at radius 2 is 1.81 bits per heavy atom. The van der Waals surface area contributed by atoms with Crippen LogP contribution in [0.25, 0.3) is 12.2 Å². The highest BCUT2D eigenvalue weighted by atomic mass is 14.6. The maximum absolute atomic E-state index is 5.74. The van der Waals surface area contributed by atoms with Gasteiger partial charge >= 0.3 is 0 Å². The van der Waals surface area contributed by atoms with Gasteiger partial charge in [-0.15, -0.1) is 0 Å². The zero-order valence-corrected chi connectivity index (χ0v) is 10.0. The van der Waals surface area contributed by atoms with E-state index >= 15 is 0 Å². The Morgan fingerprint density at radius 1 is 1.25 bits per heavy atom. The fourth-order valence-corrected chi connectivity index (χ4v) is 1.25. The van der Waals surface area contributed by atoms with Crippen molar-refractivity contribution in [1.29, 1.82) is 0 Å². The van der Waals surface area contributed by atoms with Crippen LogP contribution in [0, 0.1) is 5.41 Å². The molecule has 16 heavy (non-hydrogen) atoms. The second kappa shape index (κ2) is 4.84. The predicted molar refractivity (Wildman–Crippen MR) is 72.7 cm³/mol. The van der Waals surface area contributed by atoms with Crippen LogP contribution in [-0.2, 0) is 0 Å². The minimum absolute atomic E-state index is 0.186. The second-order valence-electron chi connectivity index (χ2n) is 4.41. The maximum atomic E-state index is 5.74. The number of benzene rings is 1. The van der Waals surface area contributed by atoms with Gasteiger partial charge in [-0.3, -0.25) is 0 Å². The highest BCUT2D eigenvalue weighted by molar-refractivity contribution is 5.64. The number of nitrogens with two attached hydrogens (primary N) is 1. The molecule has 0 aliphatic heterocycles. The van der Waals surface area contributed by atoms with Crippen LogP contribution in [0.3, 0.4) is 0 Å². The Hall–Kier alpha value is -1.76. The van der Waals surface area contributed by atoms with Gasteiger partial charge in [0, 0.05) is 11.1 Å². The summed E-state index contributed by atoms with van der Waals surface area (Å²) in [5.41, 5.74) is 8.49. The molecular formula is C15H19N. The molecule has 1 aromatic carbocycles. The number of allylic oxidation sites excluding steroid dienone is 1. The molecule has 0 aliphatic carbocycles. The lowest BCUT2D eigenvalue weighted by atomic mass is 9.89. The van der Waals surface area contributed by atoms with Crippen LogP contribution in [0.1, 0.15) is 25.0 Å². The van der Waals surface area contributed by atoms with Crippen molar-refractivity contribution >= 4 is 12.2 Å². The molecule has 0 unspecified atom stereocenters. The van der Waals surface area contributed by atoms with Gasteiger partial charge in [-0.1, -0.05) is 69.5 Å². The van der Waals surface area contributed by atoms with E-state index in [1.807, 2.05) is 38.1 Å². The summed E-state index contributed by atoms with van der Waals surface area (Å²) in [6.45, 7) is 11.7. The summed E-state index contributed by atoms with van der Waals surface area (Å²) in [5, 5.41) is 0. The van der Waals surface area contributed by atoms with E-state index < -0.39 is 0 Å². The first-order chi connectivity index (χ1) is 7.47. The van der Waals surface area contributed by atoms with Gasteiger partial charge in [0.15, 0.2) is 0 Å². The van der Waals surface area contributed by atoms with Crippen LogP contribution in [-0.4, -0.2) is 0 Å². The van der Waals surface area contributed by atoms with Crippen LogP contribution >= 0.6 is 0 Å². The third-order valence-electron chi connectivity index (χ3n) is 2.72. The summed E-state index contributed by atoms with van der Waals surface area (Å²) in [6, 6.07) is 8.11. The van der Waals surface area contributed by atoms with E-state index in [1.165, 1.54) is 0 Å². The first kappa shape index (κ1) is 12.3. The molecule has 0 atom stereocenters. The van der Waals surface area contributed by atoms with Gasteiger partial charge in [-0.2, -0.15) is 0 Å². The molecule has 1 rings (SSSR count). The fraction of sp³-hybridized carbons (Fsp3) is 0.200. The van der Waals surface area contributed by atoms with Crippen molar-refractivity contribution in [3.8, 4) is 0 Å². The number of hydrogen-bond donors (Lipinski definition) is 1. The minimum atomic E-state index is -0.186. The van der Waals surface area contributed by atoms with Crippen molar-refractivity contribution in [2.75, 3.05) is 0 Å². The van der Waals surface area contributed by atoms with Gasteiger partial charge in [-0.25, -0.2) is 0 Å². The standard InChI is InChI=1S/C15H19N/c1-5-13-8-6-7-9-14(13)10-11-15(3,4)12(2)16/h5-11H,1-2,16H2,3-4H3/b11-10-. The quantitative estimate of drug-likeness (QED) is 0.808. The average molecular weight is 213 g/mol. The molecule has 0 saturated carbocycles. The Kier molecular flexibility index (Phi) is 3.73. The summed E-state index contributed by atoms with van der Waals surface area (Å²) >= 11 is 0. The molecule has 2 N–H and O–H groups in total. The van der Waals surface area contributed by atoms with Gasteiger partial charge in [0.1, 0.15) is 0 Å². The molecular weight excluding hydrogens is 194 g/mol. The zero-order valence-electron chi connectivity index (χ0n) is 10.0. The molecule has 0 amide bonds. The molecule has 84 valence electrons. The SMILES string of the molecule is C=Cc1ccccc1/C=C\C(C)(C)C(=C)N. The van der Waals surface area contributed by atoms with Crippen molar-refractivity contribution in [2.24, 2.45) is 11.1 Å². The monoisotopic (exact) mass is 213 g/mol. The number of rotatable bonds is 4. The molecule has 0 aliphatic rings. The lowest BCUT2D eigenvalue weighted by molar-refractivity contribution is 0.577. The summed E-state index contributed by atoms with van der Waals surface area (Å²) in [6.07, 6.45) is 5.98. The third-order valence-corrected chi connectivity index (χ3v) is 2.72. The van der Waals surface area contributed by atoms with E-state index in [1.54, 1.807) is 0 Å². The normalized spacial score (nSPS) is 11.6. The zero-order chi connectivity index (χ0) is 12.2. The van der Waals surface area contributed by atoms with Crippen LogP contribution in [0.2, 0.25) is 0 Å². The van der Waals surface area contributed by atoms with E-state index in [2.05, 4.69) is 31.4 Å². The van der Waals surface area contributed by atoms with Crippen LogP contribution in [0.15, 0.2) is 49.2 Å². The molecule has 0 heterocycles. The highest BCUT2D eigenvalue weighted by Gasteiger charge is 2.14. The minimum Gasteiger partial charge on any atom is -0.402 e.